The highest BCUT2D eigenvalue weighted by Gasteiger charge is 2.14. The summed E-state index contributed by atoms with van der Waals surface area (Å²) < 4.78 is 5.46. The molecule has 0 aliphatic carbocycles. The minimum Gasteiger partial charge on any atom is -0.382 e. The van der Waals surface area contributed by atoms with Gasteiger partial charge >= 0.3 is 0 Å². The minimum atomic E-state index is 0.165. The Labute approximate surface area is 135 Å². The van der Waals surface area contributed by atoms with E-state index in [4.69, 9.17) is 16.3 Å². The van der Waals surface area contributed by atoms with Crippen molar-refractivity contribution in [2.45, 2.75) is 52.5 Å². The van der Waals surface area contributed by atoms with Gasteiger partial charge < -0.3 is 10.1 Å². The smallest absolute Gasteiger partial charge is 0.0466 e. The van der Waals surface area contributed by atoms with E-state index in [1.165, 1.54) is 12.0 Å². The van der Waals surface area contributed by atoms with Crippen LogP contribution in [0.1, 0.15) is 46.1 Å². The van der Waals surface area contributed by atoms with Crippen LogP contribution in [0.4, 0.5) is 0 Å². The van der Waals surface area contributed by atoms with Gasteiger partial charge in [-0.15, -0.1) is 0 Å². The van der Waals surface area contributed by atoms with E-state index in [1.54, 1.807) is 0 Å². The molecule has 120 valence electrons. The lowest BCUT2D eigenvalue weighted by atomic mass is 9.93. The zero-order valence-electron chi connectivity index (χ0n) is 13.9. The van der Waals surface area contributed by atoms with Crippen LogP contribution in [0, 0.1) is 5.92 Å². The Morgan fingerprint density at radius 1 is 1.19 bits per heavy atom. The predicted octanol–water partition coefficient (Wildman–Crippen LogP) is 4.70. The first kappa shape index (κ1) is 18.5. The first-order valence-electron chi connectivity index (χ1n) is 7.98. The van der Waals surface area contributed by atoms with Crippen molar-refractivity contribution in [3.63, 3.8) is 0 Å². The summed E-state index contributed by atoms with van der Waals surface area (Å²) in [4.78, 5) is 0. The van der Waals surface area contributed by atoms with Crippen molar-refractivity contribution >= 4 is 11.6 Å². The fourth-order valence-corrected chi connectivity index (χ4v) is 2.43. The molecule has 21 heavy (non-hydrogen) atoms. The van der Waals surface area contributed by atoms with Crippen molar-refractivity contribution < 1.29 is 4.74 Å². The Morgan fingerprint density at radius 3 is 2.43 bits per heavy atom. The molecule has 2 nitrogen and oxygen atoms in total. The number of hydrogen-bond donors (Lipinski definition) is 1. The Bertz CT molecular complexity index is 383. The highest BCUT2D eigenvalue weighted by molar-refractivity contribution is 6.30. The Morgan fingerprint density at radius 2 is 1.86 bits per heavy atom. The molecule has 0 bridgehead atoms. The first-order valence-corrected chi connectivity index (χ1v) is 8.35. The van der Waals surface area contributed by atoms with Crippen LogP contribution >= 0.6 is 11.6 Å². The Balaban J connectivity index is 2.51. The van der Waals surface area contributed by atoms with Gasteiger partial charge in [-0.2, -0.15) is 0 Å². The lowest BCUT2D eigenvalue weighted by Crippen LogP contribution is -2.39. The highest BCUT2D eigenvalue weighted by atomic mass is 35.5. The number of rotatable bonds is 9. The molecule has 3 heteroatoms. The third kappa shape index (κ3) is 9.13. The maximum Gasteiger partial charge on any atom is 0.0466 e. The van der Waals surface area contributed by atoms with E-state index in [-0.39, 0.29) is 5.54 Å². The second kappa shape index (κ2) is 9.45. The number of halogens is 1. The Hall–Kier alpha value is -0.570. The molecule has 0 aromatic heterocycles. The largest absolute Gasteiger partial charge is 0.382 e. The molecular weight excluding hydrogens is 282 g/mol. The topological polar surface area (TPSA) is 21.3 Å². The van der Waals surface area contributed by atoms with Crippen LogP contribution in [-0.4, -0.2) is 25.3 Å². The SMILES string of the molecule is CCOCCCC(CNC(C)(C)C)Cc1ccc(Cl)cc1. The average molecular weight is 312 g/mol. The van der Waals surface area contributed by atoms with Crippen LogP contribution in [0.5, 0.6) is 0 Å². The molecule has 0 amide bonds. The van der Waals surface area contributed by atoms with Gasteiger partial charge in [0, 0.05) is 23.8 Å². The van der Waals surface area contributed by atoms with Gasteiger partial charge in [0.2, 0.25) is 0 Å². The molecule has 0 aliphatic rings. The van der Waals surface area contributed by atoms with Crippen LogP contribution in [0.3, 0.4) is 0 Å². The van der Waals surface area contributed by atoms with Crippen molar-refractivity contribution in [2.75, 3.05) is 19.8 Å². The summed E-state index contributed by atoms with van der Waals surface area (Å²) in [6.45, 7) is 11.4. The standard InChI is InChI=1S/C18H30ClNO/c1-5-21-12-6-7-16(14-20-18(2,3)4)13-15-8-10-17(19)11-9-15/h8-11,16,20H,5-7,12-14H2,1-4H3. The van der Waals surface area contributed by atoms with Crippen molar-refractivity contribution in [3.05, 3.63) is 34.9 Å². The van der Waals surface area contributed by atoms with E-state index in [9.17, 15) is 0 Å². The molecule has 0 heterocycles. The van der Waals surface area contributed by atoms with Crippen molar-refractivity contribution in [3.8, 4) is 0 Å². The lowest BCUT2D eigenvalue weighted by Gasteiger charge is -2.25. The summed E-state index contributed by atoms with van der Waals surface area (Å²) in [5.74, 6) is 0.630. The molecule has 0 spiro atoms. The van der Waals surface area contributed by atoms with E-state index in [2.05, 4.69) is 38.2 Å². The summed E-state index contributed by atoms with van der Waals surface area (Å²) in [5, 5.41) is 4.43. The zero-order chi connectivity index (χ0) is 15.7. The lowest BCUT2D eigenvalue weighted by molar-refractivity contribution is 0.138. The summed E-state index contributed by atoms with van der Waals surface area (Å²) in [7, 11) is 0. The molecule has 1 aromatic rings. The third-order valence-corrected chi connectivity index (χ3v) is 3.72. The van der Waals surface area contributed by atoms with Crippen LogP contribution in [0.2, 0.25) is 5.02 Å². The quantitative estimate of drug-likeness (QED) is 0.667. The van der Waals surface area contributed by atoms with Crippen molar-refractivity contribution in [1.82, 2.24) is 5.32 Å². The third-order valence-electron chi connectivity index (χ3n) is 3.46. The first-order chi connectivity index (χ1) is 9.90. The van der Waals surface area contributed by atoms with Gasteiger partial charge in [0.25, 0.3) is 0 Å². The van der Waals surface area contributed by atoms with Gasteiger partial charge in [0.15, 0.2) is 0 Å². The van der Waals surface area contributed by atoms with E-state index in [0.29, 0.717) is 5.92 Å². The van der Waals surface area contributed by atoms with Gasteiger partial charge in [-0.25, -0.2) is 0 Å². The molecule has 1 unspecified atom stereocenters. The minimum absolute atomic E-state index is 0.165. The molecule has 0 radical (unpaired) electrons. The maximum absolute atomic E-state index is 5.96. The van der Waals surface area contributed by atoms with Crippen LogP contribution in [-0.2, 0) is 11.2 Å². The number of benzene rings is 1. The average Bonchev–Trinajstić information content (AvgIpc) is 2.42. The van der Waals surface area contributed by atoms with Crippen molar-refractivity contribution in [2.24, 2.45) is 5.92 Å². The molecular formula is C18H30ClNO. The Kier molecular flexibility index (Phi) is 8.31. The normalized spacial score (nSPS) is 13.4. The zero-order valence-corrected chi connectivity index (χ0v) is 14.7. The second-order valence-corrected chi connectivity index (χ2v) is 7.10. The monoisotopic (exact) mass is 311 g/mol. The fourth-order valence-electron chi connectivity index (χ4n) is 2.30. The van der Waals surface area contributed by atoms with Gasteiger partial charge in [-0.3, -0.25) is 0 Å². The van der Waals surface area contributed by atoms with E-state index >= 15 is 0 Å². The van der Waals surface area contributed by atoms with Gasteiger partial charge in [-0.1, -0.05) is 23.7 Å². The van der Waals surface area contributed by atoms with Crippen LogP contribution in [0.15, 0.2) is 24.3 Å². The van der Waals surface area contributed by atoms with E-state index < -0.39 is 0 Å². The van der Waals surface area contributed by atoms with E-state index in [0.717, 1.165) is 37.6 Å². The predicted molar refractivity (Wildman–Crippen MR) is 92.1 cm³/mol. The maximum atomic E-state index is 5.96. The molecule has 1 atom stereocenters. The fraction of sp³-hybridized carbons (Fsp3) is 0.667. The molecule has 0 saturated heterocycles. The van der Waals surface area contributed by atoms with Gasteiger partial charge in [-0.05, 0) is 77.1 Å². The number of nitrogens with one attached hydrogen (secondary N) is 1. The molecule has 0 fully saturated rings. The van der Waals surface area contributed by atoms with Crippen molar-refractivity contribution in [1.29, 1.82) is 0 Å². The number of hydrogen-bond acceptors (Lipinski definition) is 2. The van der Waals surface area contributed by atoms with Gasteiger partial charge in [0.05, 0.1) is 0 Å². The molecule has 1 aromatic carbocycles. The second-order valence-electron chi connectivity index (χ2n) is 6.67. The summed E-state index contributed by atoms with van der Waals surface area (Å²) >= 11 is 5.96. The van der Waals surface area contributed by atoms with Gasteiger partial charge in [0.1, 0.15) is 0 Å². The molecule has 1 N–H and O–H groups in total. The van der Waals surface area contributed by atoms with Crippen LogP contribution in [0.25, 0.3) is 0 Å². The summed E-state index contributed by atoms with van der Waals surface area (Å²) in [6, 6.07) is 8.22. The number of ether oxygens (including phenoxy) is 1. The molecule has 0 aliphatic heterocycles. The van der Waals surface area contributed by atoms with Crippen LogP contribution < -0.4 is 5.32 Å². The molecule has 0 saturated carbocycles. The summed E-state index contributed by atoms with van der Waals surface area (Å²) in [5.41, 5.74) is 1.52. The molecule has 1 rings (SSSR count). The summed E-state index contributed by atoms with van der Waals surface area (Å²) in [6.07, 6.45) is 3.40. The van der Waals surface area contributed by atoms with E-state index in [1.807, 2.05) is 19.1 Å². The highest BCUT2D eigenvalue weighted by Crippen LogP contribution is 2.17.